The van der Waals surface area contributed by atoms with E-state index in [2.05, 4.69) is 0 Å². The summed E-state index contributed by atoms with van der Waals surface area (Å²) in [6.07, 6.45) is -10.9. The molecule has 32 heavy (non-hydrogen) atoms. The molecule has 0 bridgehead atoms. The third-order valence-corrected chi connectivity index (χ3v) is 4.65. The van der Waals surface area contributed by atoms with E-state index in [1.165, 1.54) is 26.0 Å². The third-order valence-electron chi connectivity index (χ3n) is 4.65. The maximum atomic E-state index is 14.1. The smallest absolute Gasteiger partial charge is 0.416 e. The van der Waals surface area contributed by atoms with E-state index in [0.29, 0.717) is 0 Å². The number of nitrogens with one attached hydrogen (secondary N) is 1. The molecule has 11 heteroatoms. The lowest BCUT2D eigenvalue weighted by Crippen LogP contribution is -2.46. The standard InChI is InChI=1S/C21H20F7NO3/c1-10(2)7-16(19(31)32)29-18(21(26,27)28)13-9-17(30)12(8-14(13)20(23,24)25)11-5-3-4-6-15(11)22/h3-6,8-10,16,18,29-30H,7H2,1-2H3,(H,31,32). The lowest BCUT2D eigenvalue weighted by molar-refractivity contribution is -0.167. The first-order chi connectivity index (χ1) is 14.6. The molecule has 0 aliphatic heterocycles. The first kappa shape index (κ1) is 25.4. The van der Waals surface area contributed by atoms with Crippen LogP contribution in [0.3, 0.4) is 0 Å². The minimum absolute atomic E-state index is 0.224. The number of aromatic hydroxyl groups is 1. The zero-order chi connectivity index (χ0) is 24.4. The van der Waals surface area contributed by atoms with Crippen molar-refractivity contribution in [3.05, 3.63) is 53.3 Å². The average molecular weight is 467 g/mol. The molecule has 0 fully saturated rings. The maximum absolute atomic E-state index is 14.1. The largest absolute Gasteiger partial charge is 0.507 e. The van der Waals surface area contributed by atoms with Crippen LogP contribution in [0.4, 0.5) is 30.7 Å². The molecule has 2 atom stereocenters. The van der Waals surface area contributed by atoms with Gasteiger partial charge in [-0.05, 0) is 36.1 Å². The van der Waals surface area contributed by atoms with Crippen LogP contribution in [0.15, 0.2) is 36.4 Å². The monoisotopic (exact) mass is 467 g/mol. The van der Waals surface area contributed by atoms with Gasteiger partial charge in [0.2, 0.25) is 0 Å². The fourth-order valence-electron chi connectivity index (χ4n) is 3.26. The second kappa shape index (κ2) is 9.35. The fourth-order valence-corrected chi connectivity index (χ4v) is 3.26. The number of phenols is 1. The molecule has 2 aromatic carbocycles. The summed E-state index contributed by atoms with van der Waals surface area (Å²) in [7, 11) is 0. The Bertz CT molecular complexity index is 971. The van der Waals surface area contributed by atoms with E-state index in [9.17, 15) is 45.7 Å². The first-order valence-electron chi connectivity index (χ1n) is 9.37. The van der Waals surface area contributed by atoms with Gasteiger partial charge in [-0.1, -0.05) is 32.0 Å². The summed E-state index contributed by atoms with van der Waals surface area (Å²) in [5.74, 6) is -4.06. The highest BCUT2D eigenvalue weighted by Gasteiger charge is 2.47. The number of hydrogen-bond donors (Lipinski definition) is 3. The van der Waals surface area contributed by atoms with E-state index >= 15 is 0 Å². The molecule has 0 heterocycles. The van der Waals surface area contributed by atoms with Gasteiger partial charge in [-0.2, -0.15) is 26.3 Å². The topological polar surface area (TPSA) is 69.6 Å². The highest BCUT2D eigenvalue weighted by Crippen LogP contribution is 2.45. The molecule has 176 valence electrons. The summed E-state index contributed by atoms with van der Waals surface area (Å²) in [5, 5.41) is 21.2. The molecule has 3 N–H and O–H groups in total. The second-order valence-electron chi connectivity index (χ2n) is 7.60. The Morgan fingerprint density at radius 2 is 1.62 bits per heavy atom. The van der Waals surface area contributed by atoms with Gasteiger partial charge in [0, 0.05) is 11.1 Å². The van der Waals surface area contributed by atoms with Crippen LogP contribution < -0.4 is 5.32 Å². The van der Waals surface area contributed by atoms with Gasteiger partial charge in [-0.15, -0.1) is 0 Å². The SMILES string of the molecule is CC(C)CC(NC(c1cc(O)c(-c2ccccc2F)cc1C(F)(F)F)C(F)(F)F)C(=O)O. The van der Waals surface area contributed by atoms with Gasteiger partial charge < -0.3 is 10.2 Å². The molecule has 2 rings (SSSR count). The van der Waals surface area contributed by atoms with Gasteiger partial charge in [-0.25, -0.2) is 4.39 Å². The van der Waals surface area contributed by atoms with Gasteiger partial charge in [0.15, 0.2) is 0 Å². The van der Waals surface area contributed by atoms with Crippen molar-refractivity contribution in [2.45, 2.75) is 44.7 Å². The summed E-state index contributed by atoms with van der Waals surface area (Å²) < 4.78 is 96.7. The first-order valence-corrected chi connectivity index (χ1v) is 9.37. The van der Waals surface area contributed by atoms with Crippen LogP contribution in [0, 0.1) is 11.7 Å². The molecule has 0 radical (unpaired) electrons. The van der Waals surface area contributed by atoms with Crippen LogP contribution in [0.5, 0.6) is 5.75 Å². The second-order valence-corrected chi connectivity index (χ2v) is 7.60. The fraction of sp³-hybridized carbons (Fsp3) is 0.381. The van der Waals surface area contributed by atoms with Crippen molar-refractivity contribution in [2.24, 2.45) is 5.92 Å². The van der Waals surface area contributed by atoms with Crippen molar-refractivity contribution in [3.8, 4) is 16.9 Å². The predicted octanol–water partition coefficient (Wildman–Crippen LogP) is 5.91. The number of alkyl halides is 6. The number of halogens is 7. The number of carboxylic acid groups (broad SMARTS) is 1. The number of aliphatic carboxylic acids is 1. The lowest BCUT2D eigenvalue weighted by Gasteiger charge is -2.29. The Balaban J connectivity index is 2.72. The number of carboxylic acids is 1. The zero-order valence-corrected chi connectivity index (χ0v) is 16.9. The molecule has 4 nitrogen and oxygen atoms in total. The highest BCUT2D eigenvalue weighted by atomic mass is 19.4. The lowest BCUT2D eigenvalue weighted by atomic mass is 9.92. The van der Waals surface area contributed by atoms with Crippen LogP contribution in [0.1, 0.15) is 37.4 Å². The van der Waals surface area contributed by atoms with Crippen molar-refractivity contribution >= 4 is 5.97 Å². The molecule has 0 aromatic heterocycles. The highest BCUT2D eigenvalue weighted by molar-refractivity contribution is 5.74. The van der Waals surface area contributed by atoms with Crippen LogP contribution >= 0.6 is 0 Å². The van der Waals surface area contributed by atoms with Crippen molar-refractivity contribution in [3.63, 3.8) is 0 Å². The molecule has 2 unspecified atom stereocenters. The van der Waals surface area contributed by atoms with E-state index in [4.69, 9.17) is 0 Å². The van der Waals surface area contributed by atoms with Crippen LogP contribution in [0.2, 0.25) is 0 Å². The molecule has 0 spiro atoms. The predicted molar refractivity (Wildman–Crippen MR) is 101 cm³/mol. The van der Waals surface area contributed by atoms with Crippen molar-refractivity contribution in [1.82, 2.24) is 5.32 Å². The number of benzene rings is 2. The molecule has 0 aliphatic rings. The summed E-state index contributed by atoms with van der Waals surface area (Å²) >= 11 is 0. The van der Waals surface area contributed by atoms with Crippen LogP contribution in [-0.2, 0) is 11.0 Å². The van der Waals surface area contributed by atoms with Crippen LogP contribution in [0.25, 0.3) is 11.1 Å². The summed E-state index contributed by atoms with van der Waals surface area (Å²) in [6.45, 7) is 3.08. The summed E-state index contributed by atoms with van der Waals surface area (Å²) in [4.78, 5) is 11.4. The molecular weight excluding hydrogens is 447 g/mol. The average Bonchev–Trinajstić information content (AvgIpc) is 2.63. The van der Waals surface area contributed by atoms with Crippen molar-refractivity contribution in [2.75, 3.05) is 0 Å². The zero-order valence-electron chi connectivity index (χ0n) is 16.9. The summed E-state index contributed by atoms with van der Waals surface area (Å²) in [5.41, 5.74) is -4.30. The summed E-state index contributed by atoms with van der Waals surface area (Å²) in [6, 6.07) is 0.107. The van der Waals surface area contributed by atoms with E-state index in [1.54, 1.807) is 5.32 Å². The quantitative estimate of drug-likeness (QED) is 0.443. The maximum Gasteiger partial charge on any atom is 0.416 e. The minimum Gasteiger partial charge on any atom is -0.507 e. The normalized spacial score (nSPS) is 14.4. The van der Waals surface area contributed by atoms with E-state index in [-0.39, 0.29) is 24.5 Å². The van der Waals surface area contributed by atoms with E-state index < -0.39 is 64.2 Å². The Labute approximate surface area is 178 Å². The van der Waals surface area contributed by atoms with Gasteiger partial charge >= 0.3 is 18.3 Å². The van der Waals surface area contributed by atoms with Crippen molar-refractivity contribution < 1.29 is 45.7 Å². The molecule has 0 amide bonds. The van der Waals surface area contributed by atoms with Gasteiger partial charge in [0.1, 0.15) is 23.7 Å². The van der Waals surface area contributed by atoms with Crippen LogP contribution in [-0.4, -0.2) is 28.4 Å². The molecule has 0 saturated heterocycles. The Kier molecular flexibility index (Phi) is 7.44. The third kappa shape index (κ3) is 5.90. The van der Waals surface area contributed by atoms with E-state index in [1.807, 2.05) is 0 Å². The number of hydrogen-bond acceptors (Lipinski definition) is 3. The van der Waals surface area contributed by atoms with Gasteiger partial charge in [0.05, 0.1) is 5.56 Å². The number of carbonyl (C=O) groups is 1. The van der Waals surface area contributed by atoms with Gasteiger partial charge in [0.25, 0.3) is 0 Å². The Morgan fingerprint density at radius 1 is 1.03 bits per heavy atom. The minimum atomic E-state index is -5.34. The van der Waals surface area contributed by atoms with Gasteiger partial charge in [-0.3, -0.25) is 10.1 Å². The molecule has 0 aliphatic carbocycles. The van der Waals surface area contributed by atoms with Crippen molar-refractivity contribution in [1.29, 1.82) is 0 Å². The number of rotatable bonds is 7. The molecular formula is C21H20F7NO3. The Morgan fingerprint density at radius 3 is 2.09 bits per heavy atom. The molecule has 0 saturated carbocycles. The number of phenolic OH excluding ortho intramolecular Hbond substituents is 1. The molecule has 2 aromatic rings. The Hall–Kier alpha value is -2.82. The van der Waals surface area contributed by atoms with E-state index in [0.717, 1.165) is 12.1 Å².